The zero-order valence-corrected chi connectivity index (χ0v) is 6.17. The number of nitrogens with one attached hydrogen (secondary N) is 1. The van der Waals surface area contributed by atoms with E-state index in [0.717, 1.165) is 4.90 Å². The molecular weight excluding hydrogens is 146 g/mol. The number of rotatable bonds is 2. The summed E-state index contributed by atoms with van der Waals surface area (Å²) in [4.78, 5) is 23.1. The van der Waals surface area contributed by atoms with Gasteiger partial charge >= 0.3 is 6.03 Å². The highest BCUT2D eigenvalue weighted by atomic mass is 16.2. The zero-order chi connectivity index (χ0) is 8.27. The van der Waals surface area contributed by atoms with E-state index >= 15 is 0 Å². The molecule has 1 heterocycles. The lowest BCUT2D eigenvalue weighted by atomic mass is 10.3. The van der Waals surface area contributed by atoms with Crippen LogP contribution in [-0.2, 0) is 4.79 Å². The molecule has 0 radical (unpaired) electrons. The number of imide groups is 1. The van der Waals surface area contributed by atoms with Gasteiger partial charge in [0.1, 0.15) is 0 Å². The van der Waals surface area contributed by atoms with Gasteiger partial charge < -0.3 is 11.1 Å². The van der Waals surface area contributed by atoms with E-state index < -0.39 is 0 Å². The SMILES string of the molecule is NCCN1C(=O)CCNC1=O. The molecule has 0 aliphatic carbocycles. The Bertz CT molecular complexity index is 165. The van der Waals surface area contributed by atoms with Crippen LogP contribution in [0.4, 0.5) is 4.79 Å². The third-order valence-electron chi connectivity index (χ3n) is 1.51. The lowest BCUT2D eigenvalue weighted by Gasteiger charge is -2.24. The van der Waals surface area contributed by atoms with Crippen LogP contribution < -0.4 is 11.1 Å². The van der Waals surface area contributed by atoms with Crippen molar-refractivity contribution in [3.05, 3.63) is 0 Å². The van der Waals surface area contributed by atoms with Gasteiger partial charge in [-0.1, -0.05) is 0 Å². The summed E-state index contributed by atoms with van der Waals surface area (Å²) < 4.78 is 0. The number of carbonyl (C=O) groups is 2. The molecule has 1 saturated heterocycles. The fraction of sp³-hybridized carbons (Fsp3) is 0.667. The standard InChI is InChI=1S/C6H11N3O2/c7-2-4-9-5(10)1-3-8-6(9)11/h1-4,7H2,(H,8,11). The van der Waals surface area contributed by atoms with E-state index in [1.165, 1.54) is 0 Å². The number of amides is 3. The fourth-order valence-electron chi connectivity index (χ4n) is 0.975. The Morgan fingerprint density at radius 3 is 2.82 bits per heavy atom. The number of urea groups is 1. The van der Waals surface area contributed by atoms with Gasteiger partial charge in [0, 0.05) is 26.1 Å². The Hall–Kier alpha value is -1.10. The summed E-state index contributed by atoms with van der Waals surface area (Å²) in [5.41, 5.74) is 5.21. The van der Waals surface area contributed by atoms with Gasteiger partial charge in [-0.2, -0.15) is 0 Å². The first-order valence-corrected chi connectivity index (χ1v) is 3.54. The van der Waals surface area contributed by atoms with Crippen molar-refractivity contribution in [1.82, 2.24) is 10.2 Å². The number of hydrogen-bond acceptors (Lipinski definition) is 3. The molecule has 0 unspecified atom stereocenters. The second-order valence-electron chi connectivity index (χ2n) is 2.32. The number of nitrogens with zero attached hydrogens (tertiary/aromatic N) is 1. The quantitative estimate of drug-likeness (QED) is 0.533. The summed E-state index contributed by atoms with van der Waals surface area (Å²) in [5, 5.41) is 2.56. The van der Waals surface area contributed by atoms with Gasteiger partial charge in [-0.05, 0) is 0 Å². The molecule has 3 N–H and O–H groups in total. The van der Waals surface area contributed by atoms with Crippen LogP contribution in [0.15, 0.2) is 0 Å². The number of carbonyl (C=O) groups excluding carboxylic acids is 2. The Labute approximate surface area is 64.5 Å². The molecule has 1 aliphatic rings. The van der Waals surface area contributed by atoms with E-state index in [4.69, 9.17) is 5.73 Å². The predicted molar refractivity (Wildman–Crippen MR) is 38.8 cm³/mol. The van der Waals surface area contributed by atoms with Crippen molar-refractivity contribution in [3.63, 3.8) is 0 Å². The fourth-order valence-corrected chi connectivity index (χ4v) is 0.975. The molecule has 1 aliphatic heterocycles. The van der Waals surface area contributed by atoms with Crippen LogP contribution in [0.5, 0.6) is 0 Å². The Morgan fingerprint density at radius 1 is 1.55 bits per heavy atom. The molecule has 5 nitrogen and oxygen atoms in total. The Balaban J connectivity index is 2.55. The molecule has 5 heteroatoms. The normalized spacial score (nSPS) is 18.5. The first kappa shape index (κ1) is 8.00. The van der Waals surface area contributed by atoms with Crippen molar-refractivity contribution in [2.45, 2.75) is 6.42 Å². The summed E-state index contributed by atoms with van der Waals surface area (Å²) >= 11 is 0. The molecule has 3 amide bonds. The molecule has 0 aromatic carbocycles. The molecule has 0 aromatic heterocycles. The van der Waals surface area contributed by atoms with Gasteiger partial charge in [0.05, 0.1) is 0 Å². The Kier molecular flexibility index (Phi) is 2.43. The lowest BCUT2D eigenvalue weighted by molar-refractivity contribution is -0.129. The van der Waals surface area contributed by atoms with Gasteiger partial charge in [-0.25, -0.2) is 4.79 Å². The molecule has 0 atom stereocenters. The largest absolute Gasteiger partial charge is 0.337 e. The van der Waals surface area contributed by atoms with Crippen LogP contribution in [0.1, 0.15) is 6.42 Å². The minimum atomic E-state index is -0.327. The zero-order valence-electron chi connectivity index (χ0n) is 6.17. The maximum atomic E-state index is 11.0. The molecule has 0 bridgehead atoms. The van der Waals surface area contributed by atoms with E-state index in [1.807, 2.05) is 0 Å². The molecule has 1 fully saturated rings. The predicted octanol–water partition coefficient (Wildman–Crippen LogP) is -1.11. The number of hydrogen-bond donors (Lipinski definition) is 2. The average Bonchev–Trinajstić information content (AvgIpc) is 1.97. The minimum absolute atomic E-state index is 0.140. The maximum absolute atomic E-state index is 11.0. The van der Waals surface area contributed by atoms with Crippen molar-refractivity contribution in [1.29, 1.82) is 0 Å². The van der Waals surface area contributed by atoms with Crippen LogP contribution in [0.3, 0.4) is 0 Å². The highest BCUT2D eigenvalue weighted by molar-refractivity contribution is 5.96. The summed E-state index contributed by atoms with van der Waals surface area (Å²) in [6.07, 6.45) is 0.381. The van der Waals surface area contributed by atoms with Crippen LogP contribution in [-0.4, -0.2) is 36.5 Å². The van der Waals surface area contributed by atoms with E-state index in [0.29, 0.717) is 26.1 Å². The van der Waals surface area contributed by atoms with Crippen molar-refractivity contribution < 1.29 is 9.59 Å². The third-order valence-corrected chi connectivity index (χ3v) is 1.51. The van der Waals surface area contributed by atoms with Crippen molar-refractivity contribution in [2.75, 3.05) is 19.6 Å². The van der Waals surface area contributed by atoms with Gasteiger partial charge in [-0.15, -0.1) is 0 Å². The van der Waals surface area contributed by atoms with Crippen molar-refractivity contribution >= 4 is 11.9 Å². The summed E-state index contributed by atoms with van der Waals surface area (Å²) in [7, 11) is 0. The van der Waals surface area contributed by atoms with E-state index in [2.05, 4.69) is 5.32 Å². The topological polar surface area (TPSA) is 75.4 Å². The first-order valence-electron chi connectivity index (χ1n) is 3.54. The summed E-state index contributed by atoms with van der Waals surface area (Å²) in [6, 6.07) is -0.327. The van der Waals surface area contributed by atoms with E-state index in [9.17, 15) is 9.59 Å². The van der Waals surface area contributed by atoms with Crippen molar-refractivity contribution in [3.8, 4) is 0 Å². The van der Waals surface area contributed by atoms with Gasteiger partial charge in [0.25, 0.3) is 0 Å². The molecule has 0 spiro atoms. The first-order chi connectivity index (χ1) is 5.25. The molecule has 1 rings (SSSR count). The minimum Gasteiger partial charge on any atom is -0.337 e. The van der Waals surface area contributed by atoms with Crippen LogP contribution in [0.2, 0.25) is 0 Å². The van der Waals surface area contributed by atoms with Gasteiger partial charge in [0.2, 0.25) is 5.91 Å². The van der Waals surface area contributed by atoms with Crippen LogP contribution in [0, 0.1) is 0 Å². The third kappa shape index (κ3) is 1.68. The van der Waals surface area contributed by atoms with E-state index in [-0.39, 0.29) is 11.9 Å². The van der Waals surface area contributed by atoms with Crippen molar-refractivity contribution in [2.24, 2.45) is 5.73 Å². The smallest absolute Gasteiger partial charge is 0.324 e. The lowest BCUT2D eigenvalue weighted by Crippen LogP contribution is -2.51. The second kappa shape index (κ2) is 3.34. The Morgan fingerprint density at radius 2 is 2.27 bits per heavy atom. The molecule has 11 heavy (non-hydrogen) atoms. The second-order valence-corrected chi connectivity index (χ2v) is 2.32. The summed E-state index contributed by atoms with van der Waals surface area (Å²) in [5.74, 6) is -0.140. The summed E-state index contributed by atoms with van der Waals surface area (Å²) in [6.45, 7) is 1.07. The van der Waals surface area contributed by atoms with Gasteiger partial charge in [-0.3, -0.25) is 9.69 Å². The monoisotopic (exact) mass is 157 g/mol. The maximum Gasteiger partial charge on any atom is 0.324 e. The van der Waals surface area contributed by atoms with Gasteiger partial charge in [0.15, 0.2) is 0 Å². The highest BCUT2D eigenvalue weighted by Gasteiger charge is 2.24. The van der Waals surface area contributed by atoms with Crippen LogP contribution >= 0.6 is 0 Å². The molecule has 62 valence electrons. The molecule has 0 saturated carbocycles. The average molecular weight is 157 g/mol. The van der Waals surface area contributed by atoms with Crippen LogP contribution in [0.25, 0.3) is 0 Å². The molecule has 0 aromatic rings. The molecular formula is C6H11N3O2. The highest BCUT2D eigenvalue weighted by Crippen LogP contribution is 1.99. The number of nitrogens with two attached hydrogens (primary N) is 1. The van der Waals surface area contributed by atoms with E-state index in [1.54, 1.807) is 0 Å².